The monoisotopic (exact) mass is 452 g/mol. The summed E-state index contributed by atoms with van der Waals surface area (Å²) in [6, 6.07) is 7.35. The van der Waals surface area contributed by atoms with Crippen LogP contribution in [-0.4, -0.2) is 6.18 Å². The molecule has 1 heterocycles. The Morgan fingerprint density at radius 3 is 2.30 bits per heavy atom. The fourth-order valence-corrected chi connectivity index (χ4v) is 2.99. The van der Waals surface area contributed by atoms with Crippen molar-refractivity contribution in [3.05, 3.63) is 69.7 Å². The van der Waals surface area contributed by atoms with Crippen molar-refractivity contribution >= 4 is 27.3 Å². The zero-order valence-corrected chi connectivity index (χ0v) is 14.8. The predicted octanol–water partition coefficient (Wildman–Crippen LogP) is 5.38. The maximum Gasteiger partial charge on any atom is 0.428 e. The third-order valence-electron chi connectivity index (χ3n) is 4.02. The van der Waals surface area contributed by atoms with E-state index >= 15 is 0 Å². The van der Waals surface area contributed by atoms with Crippen LogP contribution in [0.1, 0.15) is 16.7 Å². The van der Waals surface area contributed by atoms with Crippen LogP contribution in [0.3, 0.4) is 0 Å². The first kappa shape index (κ1) is 19.6. The molecule has 1 aliphatic rings. The normalized spacial score (nSPS) is 20.3. The van der Waals surface area contributed by atoms with Gasteiger partial charge in [-0.3, -0.25) is 10.3 Å². The first-order valence-corrected chi connectivity index (χ1v) is 8.20. The third-order valence-corrected chi connectivity index (χ3v) is 4.71. The molecule has 3 nitrogen and oxygen atoms in total. The predicted molar refractivity (Wildman–Crippen MR) is 89.9 cm³/mol. The minimum atomic E-state index is -5.02. The third kappa shape index (κ3) is 3.51. The van der Waals surface area contributed by atoms with Crippen LogP contribution in [0.15, 0.2) is 53.0 Å². The Morgan fingerprint density at radius 2 is 1.70 bits per heavy atom. The second kappa shape index (κ2) is 6.45. The Kier molecular flexibility index (Phi) is 4.67. The van der Waals surface area contributed by atoms with Gasteiger partial charge in [0.05, 0.1) is 11.3 Å². The number of hydroxylamine groups is 1. The molecule has 3 rings (SSSR count). The highest BCUT2D eigenvalue weighted by atomic mass is 79.9. The van der Waals surface area contributed by atoms with E-state index in [2.05, 4.69) is 21.4 Å². The van der Waals surface area contributed by atoms with Crippen LogP contribution in [0.5, 0.6) is 0 Å². The molecule has 27 heavy (non-hydrogen) atoms. The molecule has 0 bridgehead atoms. The number of alkyl halides is 6. The van der Waals surface area contributed by atoms with Crippen LogP contribution in [-0.2, 0) is 16.6 Å². The van der Waals surface area contributed by atoms with E-state index in [1.54, 1.807) is 0 Å². The Bertz CT molecular complexity index is 909. The first-order chi connectivity index (χ1) is 12.4. The van der Waals surface area contributed by atoms with Gasteiger partial charge in [0.15, 0.2) is 0 Å². The number of benzene rings is 2. The smallest absolute Gasteiger partial charge is 0.398 e. The number of halogens is 7. The zero-order chi connectivity index (χ0) is 20.0. The average Bonchev–Trinajstić information content (AvgIpc) is 3.03. The lowest BCUT2D eigenvalue weighted by Crippen LogP contribution is -2.42. The quantitative estimate of drug-likeness (QED) is 0.474. The van der Waals surface area contributed by atoms with E-state index in [1.165, 1.54) is 18.2 Å². The lowest BCUT2D eigenvalue weighted by molar-refractivity contribution is -0.269. The highest BCUT2D eigenvalue weighted by molar-refractivity contribution is 9.10. The Balaban J connectivity index is 2.13. The van der Waals surface area contributed by atoms with Gasteiger partial charge < -0.3 is 5.73 Å². The summed E-state index contributed by atoms with van der Waals surface area (Å²) in [6.07, 6.45) is -9.10. The lowest BCUT2D eigenvalue weighted by atomic mass is 9.90. The summed E-state index contributed by atoms with van der Waals surface area (Å²) in [5.41, 5.74) is 3.49. The number of nitrogens with one attached hydrogen (secondary N) is 1. The second-order valence-corrected chi connectivity index (χ2v) is 6.66. The van der Waals surface area contributed by atoms with Crippen LogP contribution in [0, 0.1) is 0 Å². The van der Waals surface area contributed by atoms with Crippen molar-refractivity contribution < 1.29 is 31.2 Å². The standard InChI is InChI=1S/C17H11BrF6N2O/c18-12-6-9(4-5-13(12)25)14-8-15(27-26-14,17(22,23)24)10-2-1-3-11(7-10)16(19,20)21/h1-8,26H,25H2. The van der Waals surface area contributed by atoms with E-state index in [0.29, 0.717) is 33.9 Å². The Hall–Kier alpha value is -2.20. The van der Waals surface area contributed by atoms with Crippen molar-refractivity contribution in [3.8, 4) is 0 Å². The van der Waals surface area contributed by atoms with Crippen LogP contribution in [0.2, 0.25) is 0 Å². The minimum absolute atomic E-state index is 0.0505. The molecular formula is C17H11BrF6N2O. The zero-order valence-electron chi connectivity index (χ0n) is 13.3. The molecule has 0 radical (unpaired) electrons. The number of hydrogen-bond acceptors (Lipinski definition) is 3. The molecule has 0 saturated heterocycles. The molecule has 1 aliphatic heterocycles. The van der Waals surface area contributed by atoms with Gasteiger partial charge in [0.2, 0.25) is 5.60 Å². The fourth-order valence-electron chi connectivity index (χ4n) is 2.61. The van der Waals surface area contributed by atoms with Gasteiger partial charge in [-0.2, -0.15) is 26.3 Å². The van der Waals surface area contributed by atoms with Crippen molar-refractivity contribution in [2.75, 3.05) is 5.73 Å². The summed E-state index contributed by atoms with van der Waals surface area (Å²) >= 11 is 3.17. The summed E-state index contributed by atoms with van der Waals surface area (Å²) in [6.45, 7) is 0. The average molecular weight is 453 g/mol. The van der Waals surface area contributed by atoms with E-state index in [0.717, 1.165) is 12.1 Å². The molecule has 0 aromatic heterocycles. The van der Waals surface area contributed by atoms with Crippen molar-refractivity contribution in [1.82, 2.24) is 5.48 Å². The molecule has 10 heteroatoms. The highest BCUT2D eigenvalue weighted by Gasteiger charge is 2.59. The summed E-state index contributed by atoms with van der Waals surface area (Å²) in [5.74, 6) is 0. The van der Waals surface area contributed by atoms with Gasteiger partial charge in [0, 0.05) is 21.3 Å². The van der Waals surface area contributed by atoms with Gasteiger partial charge in [-0.15, -0.1) is 0 Å². The number of rotatable bonds is 2. The Labute approximate surface area is 157 Å². The van der Waals surface area contributed by atoms with Crippen molar-refractivity contribution in [2.45, 2.75) is 18.0 Å². The van der Waals surface area contributed by atoms with Crippen molar-refractivity contribution in [3.63, 3.8) is 0 Å². The second-order valence-electron chi connectivity index (χ2n) is 5.81. The number of anilines is 1. The molecule has 1 atom stereocenters. The molecule has 2 aromatic rings. The van der Waals surface area contributed by atoms with Gasteiger partial charge in [0.25, 0.3) is 0 Å². The van der Waals surface area contributed by atoms with Crippen LogP contribution in [0.4, 0.5) is 32.0 Å². The molecule has 0 aliphatic carbocycles. The first-order valence-electron chi connectivity index (χ1n) is 7.41. The highest BCUT2D eigenvalue weighted by Crippen LogP contribution is 2.48. The van der Waals surface area contributed by atoms with Crippen LogP contribution in [0.25, 0.3) is 5.70 Å². The molecule has 1 unspecified atom stereocenters. The lowest BCUT2D eigenvalue weighted by Gasteiger charge is -2.29. The summed E-state index contributed by atoms with van der Waals surface area (Å²) < 4.78 is 80.8. The van der Waals surface area contributed by atoms with Gasteiger partial charge in [-0.25, -0.2) is 0 Å². The SMILES string of the molecule is Nc1ccc(C2=CC(c3cccc(C(F)(F)F)c3)(C(F)(F)F)ON2)cc1Br. The van der Waals surface area contributed by atoms with Crippen LogP contribution < -0.4 is 11.2 Å². The van der Waals surface area contributed by atoms with Crippen molar-refractivity contribution in [1.29, 1.82) is 0 Å². The van der Waals surface area contributed by atoms with E-state index < -0.39 is 29.1 Å². The van der Waals surface area contributed by atoms with Crippen molar-refractivity contribution in [2.24, 2.45) is 0 Å². The Morgan fingerprint density at radius 1 is 1.00 bits per heavy atom. The minimum Gasteiger partial charge on any atom is -0.398 e. The molecule has 0 spiro atoms. The molecule has 0 saturated carbocycles. The number of hydrogen-bond donors (Lipinski definition) is 2. The van der Waals surface area contributed by atoms with E-state index in [1.807, 2.05) is 0 Å². The van der Waals surface area contributed by atoms with Crippen LogP contribution >= 0.6 is 15.9 Å². The van der Waals surface area contributed by atoms with Gasteiger partial charge >= 0.3 is 12.4 Å². The van der Waals surface area contributed by atoms with E-state index in [4.69, 9.17) is 10.6 Å². The van der Waals surface area contributed by atoms with Gasteiger partial charge in [-0.05, 0) is 46.3 Å². The number of nitrogen functional groups attached to an aromatic ring is 1. The summed E-state index contributed by atoms with van der Waals surface area (Å²) in [5, 5.41) is 0. The molecule has 2 aromatic carbocycles. The van der Waals surface area contributed by atoms with E-state index in [-0.39, 0.29) is 5.70 Å². The molecule has 3 N–H and O–H groups in total. The maximum absolute atomic E-state index is 13.8. The largest absolute Gasteiger partial charge is 0.428 e. The van der Waals surface area contributed by atoms with E-state index in [9.17, 15) is 26.3 Å². The fraction of sp³-hybridized carbons (Fsp3) is 0.176. The summed E-state index contributed by atoms with van der Waals surface area (Å²) in [7, 11) is 0. The maximum atomic E-state index is 13.8. The molecular weight excluding hydrogens is 442 g/mol. The topological polar surface area (TPSA) is 47.3 Å². The molecule has 144 valence electrons. The molecule has 0 amide bonds. The number of nitrogens with two attached hydrogens (primary N) is 1. The van der Waals surface area contributed by atoms with Gasteiger partial charge in [0.1, 0.15) is 0 Å². The summed E-state index contributed by atoms with van der Waals surface area (Å²) in [4.78, 5) is 4.81. The van der Waals surface area contributed by atoms with Gasteiger partial charge in [-0.1, -0.05) is 18.2 Å². The molecule has 0 fully saturated rings.